The van der Waals surface area contributed by atoms with Gasteiger partial charge in [-0.1, -0.05) is 0 Å². The van der Waals surface area contributed by atoms with E-state index in [9.17, 15) is 4.79 Å². The average molecular weight is 204 g/mol. The maximum Gasteiger partial charge on any atom is 0.166 e. The van der Waals surface area contributed by atoms with Gasteiger partial charge in [-0.25, -0.2) is 0 Å². The first-order valence-electron chi connectivity index (χ1n) is 5.25. The van der Waals surface area contributed by atoms with Crippen LogP contribution in [0, 0.1) is 13.8 Å². The molecule has 1 saturated carbocycles. The van der Waals surface area contributed by atoms with Crippen LogP contribution in [0.5, 0.6) is 0 Å². The minimum absolute atomic E-state index is 0.116. The lowest BCUT2D eigenvalue weighted by molar-refractivity contribution is 0.0971. The van der Waals surface area contributed by atoms with Gasteiger partial charge in [0.05, 0.1) is 0 Å². The van der Waals surface area contributed by atoms with Gasteiger partial charge in [-0.05, 0) is 38.3 Å². The third kappa shape index (κ3) is 2.23. The van der Waals surface area contributed by atoms with Crippen molar-refractivity contribution in [3.63, 3.8) is 0 Å². The molecule has 1 aliphatic rings. The Kier molecular flexibility index (Phi) is 2.35. The number of pyridine rings is 1. The van der Waals surface area contributed by atoms with Crippen LogP contribution < -0.4 is 5.73 Å². The summed E-state index contributed by atoms with van der Waals surface area (Å²) in [7, 11) is 0. The standard InChI is InChI=1S/C12H16N2O/c1-8-5-10(7-14-9(8)2)11(15)6-12(13)3-4-12/h5,7H,3-4,6,13H2,1-2H3. The maximum atomic E-state index is 11.8. The van der Waals surface area contributed by atoms with Crippen LogP contribution in [0.1, 0.15) is 40.9 Å². The number of hydrogen-bond acceptors (Lipinski definition) is 3. The molecule has 15 heavy (non-hydrogen) atoms. The fourth-order valence-electron chi connectivity index (χ4n) is 1.55. The predicted molar refractivity (Wildman–Crippen MR) is 58.8 cm³/mol. The van der Waals surface area contributed by atoms with E-state index in [1.54, 1.807) is 6.20 Å². The van der Waals surface area contributed by atoms with E-state index in [-0.39, 0.29) is 11.3 Å². The van der Waals surface area contributed by atoms with Gasteiger partial charge in [-0.2, -0.15) is 0 Å². The molecule has 0 spiro atoms. The molecule has 2 rings (SSSR count). The van der Waals surface area contributed by atoms with Crippen molar-refractivity contribution in [2.75, 3.05) is 0 Å². The van der Waals surface area contributed by atoms with Crippen LogP contribution in [-0.2, 0) is 0 Å². The average Bonchev–Trinajstić information content (AvgIpc) is 2.88. The molecule has 0 atom stereocenters. The Morgan fingerprint density at radius 1 is 1.53 bits per heavy atom. The van der Waals surface area contributed by atoms with Crippen molar-refractivity contribution in [2.45, 2.75) is 38.6 Å². The first-order valence-corrected chi connectivity index (χ1v) is 5.25. The highest BCUT2D eigenvalue weighted by molar-refractivity contribution is 5.97. The molecule has 1 fully saturated rings. The van der Waals surface area contributed by atoms with Gasteiger partial charge in [-0.15, -0.1) is 0 Å². The quantitative estimate of drug-likeness (QED) is 0.763. The van der Waals surface area contributed by atoms with Crippen molar-refractivity contribution in [1.82, 2.24) is 4.98 Å². The summed E-state index contributed by atoms with van der Waals surface area (Å²) >= 11 is 0. The van der Waals surface area contributed by atoms with E-state index in [1.807, 2.05) is 19.9 Å². The lowest BCUT2D eigenvalue weighted by Gasteiger charge is -2.08. The minimum Gasteiger partial charge on any atom is -0.325 e. The molecule has 3 heteroatoms. The number of carbonyl (C=O) groups is 1. The van der Waals surface area contributed by atoms with Gasteiger partial charge in [0.2, 0.25) is 0 Å². The molecular formula is C12H16N2O. The molecule has 0 saturated heterocycles. The number of Topliss-reactive ketones (excluding diaryl/α,β-unsaturated/α-hetero) is 1. The van der Waals surface area contributed by atoms with E-state index in [0.29, 0.717) is 12.0 Å². The second kappa shape index (κ2) is 3.42. The summed E-state index contributed by atoms with van der Waals surface area (Å²) in [5.41, 5.74) is 8.42. The zero-order chi connectivity index (χ0) is 11.1. The first-order chi connectivity index (χ1) is 7.00. The number of nitrogens with two attached hydrogens (primary N) is 1. The van der Waals surface area contributed by atoms with Crippen molar-refractivity contribution in [2.24, 2.45) is 5.73 Å². The molecule has 80 valence electrons. The molecule has 2 N–H and O–H groups in total. The molecule has 1 heterocycles. The Morgan fingerprint density at radius 3 is 2.73 bits per heavy atom. The molecule has 1 aromatic heterocycles. The van der Waals surface area contributed by atoms with Crippen LogP contribution >= 0.6 is 0 Å². The third-order valence-corrected chi connectivity index (χ3v) is 3.07. The van der Waals surface area contributed by atoms with Crippen LogP contribution in [0.4, 0.5) is 0 Å². The van der Waals surface area contributed by atoms with E-state index in [4.69, 9.17) is 5.73 Å². The van der Waals surface area contributed by atoms with Crippen molar-refractivity contribution >= 4 is 5.78 Å². The highest BCUT2D eigenvalue weighted by Gasteiger charge is 2.40. The normalized spacial score (nSPS) is 17.5. The molecule has 0 radical (unpaired) electrons. The van der Waals surface area contributed by atoms with E-state index in [1.165, 1.54) is 0 Å². The Bertz CT molecular complexity index is 408. The van der Waals surface area contributed by atoms with Crippen LogP contribution in [0.2, 0.25) is 0 Å². The summed E-state index contributed by atoms with van der Waals surface area (Å²) in [5, 5.41) is 0. The summed E-state index contributed by atoms with van der Waals surface area (Å²) < 4.78 is 0. The lowest BCUT2D eigenvalue weighted by atomic mass is 10.0. The van der Waals surface area contributed by atoms with Crippen molar-refractivity contribution in [3.8, 4) is 0 Å². The number of hydrogen-bond donors (Lipinski definition) is 1. The third-order valence-electron chi connectivity index (χ3n) is 3.07. The summed E-state index contributed by atoms with van der Waals surface area (Å²) in [6.45, 7) is 3.91. The second-order valence-electron chi connectivity index (χ2n) is 4.59. The number of nitrogens with zero attached hydrogens (tertiary/aromatic N) is 1. The SMILES string of the molecule is Cc1cc(C(=O)CC2(N)CC2)cnc1C. The Balaban J connectivity index is 2.15. The van der Waals surface area contributed by atoms with Crippen LogP contribution in [-0.4, -0.2) is 16.3 Å². The zero-order valence-electron chi connectivity index (χ0n) is 9.21. The monoisotopic (exact) mass is 204 g/mol. The van der Waals surface area contributed by atoms with Gasteiger partial charge in [-0.3, -0.25) is 9.78 Å². The predicted octanol–water partition coefficient (Wildman–Crippen LogP) is 1.76. The topological polar surface area (TPSA) is 56.0 Å². The molecule has 1 aromatic rings. The molecule has 0 aromatic carbocycles. The highest BCUT2D eigenvalue weighted by atomic mass is 16.1. The van der Waals surface area contributed by atoms with E-state index >= 15 is 0 Å². The molecular weight excluding hydrogens is 188 g/mol. The molecule has 0 amide bonds. The second-order valence-corrected chi connectivity index (χ2v) is 4.59. The molecule has 1 aliphatic carbocycles. The van der Waals surface area contributed by atoms with Crippen molar-refractivity contribution in [3.05, 3.63) is 29.1 Å². The van der Waals surface area contributed by atoms with E-state index in [0.717, 1.165) is 24.1 Å². The van der Waals surface area contributed by atoms with Gasteiger partial charge >= 0.3 is 0 Å². The van der Waals surface area contributed by atoms with Gasteiger partial charge < -0.3 is 5.73 Å². The fraction of sp³-hybridized carbons (Fsp3) is 0.500. The van der Waals surface area contributed by atoms with Gasteiger partial charge in [0, 0.05) is 29.4 Å². The zero-order valence-corrected chi connectivity index (χ0v) is 9.21. The van der Waals surface area contributed by atoms with Crippen molar-refractivity contribution in [1.29, 1.82) is 0 Å². The smallest absolute Gasteiger partial charge is 0.166 e. The Labute approximate surface area is 89.7 Å². The summed E-state index contributed by atoms with van der Waals surface area (Å²) in [4.78, 5) is 16.0. The van der Waals surface area contributed by atoms with Gasteiger partial charge in [0.1, 0.15) is 0 Å². The minimum atomic E-state index is -0.212. The Morgan fingerprint density at radius 2 is 2.20 bits per heavy atom. The number of aryl methyl sites for hydroxylation is 2. The number of rotatable bonds is 3. The molecule has 0 unspecified atom stereocenters. The summed E-state index contributed by atoms with van der Waals surface area (Å²) in [6.07, 6.45) is 4.04. The molecule has 0 bridgehead atoms. The van der Waals surface area contributed by atoms with E-state index in [2.05, 4.69) is 4.98 Å². The van der Waals surface area contributed by atoms with Crippen LogP contribution in [0.25, 0.3) is 0 Å². The van der Waals surface area contributed by atoms with Crippen molar-refractivity contribution < 1.29 is 4.79 Å². The molecule has 3 nitrogen and oxygen atoms in total. The highest BCUT2D eigenvalue weighted by Crippen LogP contribution is 2.36. The van der Waals surface area contributed by atoms with Gasteiger partial charge in [0.15, 0.2) is 5.78 Å². The van der Waals surface area contributed by atoms with Crippen LogP contribution in [0.15, 0.2) is 12.3 Å². The first kappa shape index (κ1) is 10.3. The number of carbonyl (C=O) groups excluding carboxylic acids is 1. The number of ketones is 1. The van der Waals surface area contributed by atoms with Crippen LogP contribution in [0.3, 0.4) is 0 Å². The molecule has 0 aliphatic heterocycles. The van der Waals surface area contributed by atoms with Gasteiger partial charge in [0.25, 0.3) is 0 Å². The lowest BCUT2D eigenvalue weighted by Crippen LogP contribution is -2.25. The van der Waals surface area contributed by atoms with E-state index < -0.39 is 0 Å². The maximum absolute atomic E-state index is 11.8. The summed E-state index contributed by atoms with van der Waals surface area (Å²) in [6, 6.07) is 1.90. The summed E-state index contributed by atoms with van der Waals surface area (Å²) in [5.74, 6) is 0.116. The Hall–Kier alpha value is -1.22. The largest absolute Gasteiger partial charge is 0.325 e. The fourth-order valence-corrected chi connectivity index (χ4v) is 1.55. The number of aromatic nitrogens is 1.